The summed E-state index contributed by atoms with van der Waals surface area (Å²) >= 11 is 1.36. The first-order valence-electron chi connectivity index (χ1n) is 9.60. The molecule has 6 nitrogen and oxygen atoms in total. The molecule has 2 aromatic carbocycles. The summed E-state index contributed by atoms with van der Waals surface area (Å²) in [4.78, 5) is 38.2. The summed E-state index contributed by atoms with van der Waals surface area (Å²) in [6.07, 6.45) is 0.459. The number of nitrogens with zero attached hydrogens (tertiary/aromatic N) is 1. The Balaban J connectivity index is 1.46. The van der Waals surface area contributed by atoms with Gasteiger partial charge in [0.2, 0.25) is 17.7 Å². The number of anilines is 1. The monoisotopic (exact) mass is 412 g/mol. The highest BCUT2D eigenvalue weighted by atomic mass is 32.2. The number of imide groups is 1. The molecule has 1 N–H and O–H groups in total. The second-order valence-electron chi connectivity index (χ2n) is 6.57. The fraction of sp³-hybridized carbons (Fsp3) is 0.318. The fourth-order valence-electron chi connectivity index (χ4n) is 3.04. The predicted molar refractivity (Wildman–Crippen MR) is 114 cm³/mol. The second-order valence-corrected chi connectivity index (χ2v) is 7.88. The molecule has 1 aliphatic heterocycles. The zero-order valence-corrected chi connectivity index (χ0v) is 17.1. The number of benzene rings is 2. The van der Waals surface area contributed by atoms with Crippen LogP contribution in [0.5, 0.6) is 5.75 Å². The second kappa shape index (κ2) is 10.1. The molecule has 0 spiro atoms. The standard InChI is InChI=1S/C22H24N2O4S/c1-2-28-18-10-8-17(9-11-18)24-21(26)14-19(22(24)27)29-13-12-20(25)23-15-16-6-4-3-5-7-16/h3-11,19H,2,12-15H2,1H3,(H,23,25)/t19-/m1/s1. The van der Waals surface area contributed by atoms with Crippen molar-refractivity contribution in [3.8, 4) is 5.75 Å². The van der Waals surface area contributed by atoms with Crippen LogP contribution in [0.2, 0.25) is 0 Å². The normalized spacial score (nSPS) is 16.2. The van der Waals surface area contributed by atoms with Crippen molar-refractivity contribution in [1.82, 2.24) is 5.32 Å². The maximum absolute atomic E-state index is 12.7. The van der Waals surface area contributed by atoms with Crippen LogP contribution in [0.25, 0.3) is 0 Å². The maximum Gasteiger partial charge on any atom is 0.247 e. The Morgan fingerprint density at radius 3 is 2.55 bits per heavy atom. The lowest BCUT2D eigenvalue weighted by Gasteiger charge is -2.15. The van der Waals surface area contributed by atoms with Crippen molar-refractivity contribution in [2.24, 2.45) is 0 Å². The molecule has 7 heteroatoms. The summed E-state index contributed by atoms with van der Waals surface area (Å²) < 4.78 is 5.39. The van der Waals surface area contributed by atoms with Crippen molar-refractivity contribution in [3.63, 3.8) is 0 Å². The van der Waals surface area contributed by atoms with Crippen molar-refractivity contribution < 1.29 is 19.1 Å². The molecule has 1 saturated heterocycles. The van der Waals surface area contributed by atoms with E-state index in [2.05, 4.69) is 5.32 Å². The molecule has 0 bridgehead atoms. The van der Waals surface area contributed by atoms with Crippen LogP contribution >= 0.6 is 11.8 Å². The third kappa shape index (κ3) is 5.60. The van der Waals surface area contributed by atoms with Crippen LogP contribution < -0.4 is 15.0 Å². The van der Waals surface area contributed by atoms with E-state index in [1.165, 1.54) is 16.7 Å². The zero-order valence-electron chi connectivity index (χ0n) is 16.3. The minimum atomic E-state index is -0.448. The van der Waals surface area contributed by atoms with Gasteiger partial charge in [0.25, 0.3) is 0 Å². The van der Waals surface area contributed by atoms with Crippen LogP contribution in [0.15, 0.2) is 54.6 Å². The Bertz CT molecular complexity index is 855. The molecule has 0 unspecified atom stereocenters. The van der Waals surface area contributed by atoms with Crippen LogP contribution in [0.4, 0.5) is 5.69 Å². The van der Waals surface area contributed by atoms with E-state index in [0.29, 0.717) is 36.8 Å². The molecule has 3 amide bonds. The van der Waals surface area contributed by atoms with Crippen molar-refractivity contribution in [2.75, 3.05) is 17.3 Å². The quantitative estimate of drug-likeness (QED) is 0.641. The Labute approximate surface area is 174 Å². The molecule has 3 rings (SSSR count). The first kappa shape index (κ1) is 20.9. The summed E-state index contributed by atoms with van der Waals surface area (Å²) in [6.45, 7) is 2.93. The molecular weight excluding hydrogens is 388 g/mol. The largest absolute Gasteiger partial charge is 0.494 e. The van der Waals surface area contributed by atoms with Gasteiger partial charge in [0.1, 0.15) is 5.75 Å². The van der Waals surface area contributed by atoms with E-state index in [1.807, 2.05) is 37.3 Å². The van der Waals surface area contributed by atoms with Gasteiger partial charge >= 0.3 is 0 Å². The van der Waals surface area contributed by atoms with Crippen molar-refractivity contribution in [1.29, 1.82) is 0 Å². The highest BCUT2D eigenvalue weighted by molar-refractivity contribution is 8.00. The summed E-state index contributed by atoms with van der Waals surface area (Å²) in [5, 5.41) is 2.42. The van der Waals surface area contributed by atoms with Gasteiger partial charge < -0.3 is 10.1 Å². The summed E-state index contributed by atoms with van der Waals surface area (Å²) in [6, 6.07) is 16.6. The van der Waals surface area contributed by atoms with Crippen molar-refractivity contribution >= 4 is 35.2 Å². The number of carbonyl (C=O) groups is 3. The topological polar surface area (TPSA) is 75.7 Å². The van der Waals surface area contributed by atoms with Gasteiger partial charge in [-0.15, -0.1) is 11.8 Å². The molecule has 29 heavy (non-hydrogen) atoms. The molecule has 2 aromatic rings. The van der Waals surface area contributed by atoms with E-state index < -0.39 is 5.25 Å². The number of amides is 3. The Kier molecular flexibility index (Phi) is 7.30. The number of carbonyl (C=O) groups excluding carboxylic acids is 3. The first-order valence-corrected chi connectivity index (χ1v) is 10.6. The number of rotatable bonds is 9. The molecule has 1 fully saturated rings. The minimum absolute atomic E-state index is 0.0681. The van der Waals surface area contributed by atoms with Gasteiger partial charge in [-0.05, 0) is 36.8 Å². The summed E-state index contributed by atoms with van der Waals surface area (Å²) in [5.74, 6) is 0.671. The summed E-state index contributed by atoms with van der Waals surface area (Å²) in [7, 11) is 0. The van der Waals surface area contributed by atoms with Crippen LogP contribution in [-0.4, -0.2) is 35.3 Å². The number of hydrogen-bond acceptors (Lipinski definition) is 5. The number of ether oxygens (including phenoxy) is 1. The van der Waals surface area contributed by atoms with Gasteiger partial charge in [0, 0.05) is 25.1 Å². The van der Waals surface area contributed by atoms with E-state index in [9.17, 15) is 14.4 Å². The Hall–Kier alpha value is -2.80. The third-order valence-corrected chi connectivity index (χ3v) is 5.70. The van der Waals surface area contributed by atoms with Crippen LogP contribution in [0.3, 0.4) is 0 Å². The summed E-state index contributed by atoms with van der Waals surface area (Å²) in [5.41, 5.74) is 1.59. The Morgan fingerprint density at radius 1 is 1.14 bits per heavy atom. The van der Waals surface area contributed by atoms with E-state index >= 15 is 0 Å². The van der Waals surface area contributed by atoms with Gasteiger partial charge in [-0.3, -0.25) is 14.4 Å². The lowest BCUT2D eigenvalue weighted by Crippen LogP contribution is -2.31. The molecule has 0 aliphatic carbocycles. The van der Waals surface area contributed by atoms with Gasteiger partial charge in [-0.2, -0.15) is 0 Å². The van der Waals surface area contributed by atoms with Crippen LogP contribution in [-0.2, 0) is 20.9 Å². The average Bonchev–Trinajstić information content (AvgIpc) is 3.01. The van der Waals surface area contributed by atoms with Gasteiger partial charge in [0.05, 0.1) is 17.5 Å². The molecule has 1 heterocycles. The number of thioether (sulfide) groups is 1. The molecule has 152 valence electrons. The predicted octanol–water partition coefficient (Wildman–Crippen LogP) is 3.16. The molecule has 0 radical (unpaired) electrons. The highest BCUT2D eigenvalue weighted by Gasteiger charge is 2.39. The highest BCUT2D eigenvalue weighted by Crippen LogP contribution is 2.30. The lowest BCUT2D eigenvalue weighted by atomic mass is 10.2. The molecule has 1 atom stereocenters. The van der Waals surface area contributed by atoms with E-state index in [4.69, 9.17) is 4.74 Å². The molecule has 0 aromatic heterocycles. The average molecular weight is 413 g/mol. The number of hydrogen-bond donors (Lipinski definition) is 1. The zero-order chi connectivity index (χ0) is 20.6. The molecular formula is C22H24N2O4S. The fourth-order valence-corrected chi connectivity index (χ4v) is 4.14. The lowest BCUT2D eigenvalue weighted by molar-refractivity contribution is -0.122. The minimum Gasteiger partial charge on any atom is -0.494 e. The van der Waals surface area contributed by atoms with Gasteiger partial charge in [-0.1, -0.05) is 30.3 Å². The van der Waals surface area contributed by atoms with E-state index in [-0.39, 0.29) is 24.1 Å². The van der Waals surface area contributed by atoms with Crippen LogP contribution in [0.1, 0.15) is 25.3 Å². The van der Waals surface area contributed by atoms with Crippen LogP contribution in [0, 0.1) is 0 Å². The smallest absolute Gasteiger partial charge is 0.247 e. The van der Waals surface area contributed by atoms with E-state index in [0.717, 1.165) is 5.56 Å². The van der Waals surface area contributed by atoms with Gasteiger partial charge in [0.15, 0.2) is 0 Å². The SMILES string of the molecule is CCOc1ccc(N2C(=O)C[C@@H](SCCC(=O)NCc3ccccc3)C2=O)cc1. The molecule has 1 aliphatic rings. The van der Waals surface area contributed by atoms with Crippen molar-refractivity contribution in [2.45, 2.75) is 31.6 Å². The first-order chi connectivity index (χ1) is 14.1. The van der Waals surface area contributed by atoms with Crippen molar-refractivity contribution in [3.05, 3.63) is 60.2 Å². The third-order valence-electron chi connectivity index (χ3n) is 4.49. The number of nitrogens with one attached hydrogen (secondary N) is 1. The van der Waals surface area contributed by atoms with Gasteiger partial charge in [-0.25, -0.2) is 4.90 Å². The van der Waals surface area contributed by atoms with E-state index in [1.54, 1.807) is 24.3 Å². The Morgan fingerprint density at radius 2 is 1.86 bits per heavy atom. The molecule has 0 saturated carbocycles. The maximum atomic E-state index is 12.7.